The number of benzene rings is 1. The molecule has 0 aliphatic rings. The van der Waals surface area contributed by atoms with Gasteiger partial charge in [0, 0.05) is 13.2 Å². The average molecular weight is 263 g/mol. The first-order valence-electron chi connectivity index (χ1n) is 7.36. The Morgan fingerprint density at radius 3 is 2.21 bits per heavy atom. The second-order valence-corrected chi connectivity index (χ2v) is 4.83. The first kappa shape index (κ1) is 16.0. The molecule has 0 fully saturated rings. The SMILES string of the molecule is [CH2]CCCCCOCCCCc1ccc(OC)cc1. The number of methoxy groups -OCH3 is 1. The van der Waals surface area contributed by atoms with Crippen LogP contribution in [-0.2, 0) is 11.2 Å². The van der Waals surface area contributed by atoms with Crippen molar-refractivity contribution >= 4 is 0 Å². The molecule has 1 radical (unpaired) electrons. The van der Waals surface area contributed by atoms with Crippen LogP contribution < -0.4 is 4.74 Å². The van der Waals surface area contributed by atoms with Gasteiger partial charge in [-0.1, -0.05) is 38.3 Å². The van der Waals surface area contributed by atoms with Crippen LogP contribution in [0.1, 0.15) is 44.1 Å². The summed E-state index contributed by atoms with van der Waals surface area (Å²) in [6.07, 6.45) is 8.13. The molecule has 19 heavy (non-hydrogen) atoms. The van der Waals surface area contributed by atoms with Gasteiger partial charge in [-0.15, -0.1) is 0 Å². The summed E-state index contributed by atoms with van der Waals surface area (Å²) < 4.78 is 10.8. The smallest absolute Gasteiger partial charge is 0.118 e. The third-order valence-corrected chi connectivity index (χ3v) is 3.20. The molecule has 1 rings (SSSR count). The van der Waals surface area contributed by atoms with E-state index < -0.39 is 0 Å². The van der Waals surface area contributed by atoms with Gasteiger partial charge in [-0.3, -0.25) is 0 Å². The summed E-state index contributed by atoms with van der Waals surface area (Å²) in [4.78, 5) is 0. The summed E-state index contributed by atoms with van der Waals surface area (Å²) in [6, 6.07) is 8.32. The molecule has 0 unspecified atom stereocenters. The van der Waals surface area contributed by atoms with Crippen LogP contribution in [-0.4, -0.2) is 20.3 Å². The summed E-state index contributed by atoms with van der Waals surface area (Å²) in [5.41, 5.74) is 1.37. The molecule has 0 spiro atoms. The van der Waals surface area contributed by atoms with Crippen LogP contribution in [0.5, 0.6) is 5.75 Å². The zero-order valence-corrected chi connectivity index (χ0v) is 12.2. The number of ether oxygens (including phenoxy) is 2. The normalized spacial score (nSPS) is 10.6. The van der Waals surface area contributed by atoms with E-state index in [2.05, 4.69) is 19.1 Å². The first-order valence-corrected chi connectivity index (χ1v) is 7.36. The monoisotopic (exact) mass is 263 g/mol. The van der Waals surface area contributed by atoms with Gasteiger partial charge in [0.1, 0.15) is 5.75 Å². The highest BCUT2D eigenvalue weighted by molar-refractivity contribution is 5.27. The molecule has 0 aliphatic heterocycles. The molecule has 107 valence electrons. The van der Waals surface area contributed by atoms with Crippen LogP contribution >= 0.6 is 0 Å². The van der Waals surface area contributed by atoms with E-state index in [1.807, 2.05) is 12.1 Å². The molecule has 0 N–H and O–H groups in total. The fourth-order valence-electron chi connectivity index (χ4n) is 1.99. The number of unbranched alkanes of at least 4 members (excludes halogenated alkanes) is 4. The molecule has 0 amide bonds. The highest BCUT2D eigenvalue weighted by Gasteiger charge is 1.95. The van der Waals surface area contributed by atoms with E-state index >= 15 is 0 Å². The van der Waals surface area contributed by atoms with Crippen molar-refractivity contribution in [2.75, 3.05) is 20.3 Å². The fourth-order valence-corrected chi connectivity index (χ4v) is 1.99. The summed E-state index contributed by atoms with van der Waals surface area (Å²) in [7, 11) is 1.70. The molecule has 0 atom stereocenters. The van der Waals surface area contributed by atoms with E-state index in [0.29, 0.717) is 0 Å². The highest BCUT2D eigenvalue weighted by Crippen LogP contribution is 2.13. The number of rotatable bonds is 11. The lowest BCUT2D eigenvalue weighted by Crippen LogP contribution is -1.98. The number of hydrogen-bond donors (Lipinski definition) is 0. The molecule has 2 heteroatoms. The van der Waals surface area contributed by atoms with Crippen molar-refractivity contribution in [3.05, 3.63) is 36.8 Å². The van der Waals surface area contributed by atoms with Gasteiger partial charge >= 0.3 is 0 Å². The molecule has 0 aliphatic carbocycles. The van der Waals surface area contributed by atoms with Crippen molar-refractivity contribution < 1.29 is 9.47 Å². The van der Waals surface area contributed by atoms with Crippen LogP contribution in [0.2, 0.25) is 0 Å². The van der Waals surface area contributed by atoms with E-state index in [9.17, 15) is 0 Å². The minimum atomic E-state index is 0.889. The maximum absolute atomic E-state index is 5.61. The van der Waals surface area contributed by atoms with Crippen molar-refractivity contribution in [1.82, 2.24) is 0 Å². The molecule has 0 heterocycles. The van der Waals surface area contributed by atoms with E-state index in [1.54, 1.807) is 7.11 Å². The Morgan fingerprint density at radius 2 is 1.58 bits per heavy atom. The minimum absolute atomic E-state index is 0.889. The number of aryl methyl sites for hydroxylation is 1. The van der Waals surface area contributed by atoms with Crippen molar-refractivity contribution in [2.24, 2.45) is 0 Å². The van der Waals surface area contributed by atoms with Crippen molar-refractivity contribution in [3.63, 3.8) is 0 Å². The fraction of sp³-hybridized carbons (Fsp3) is 0.588. The molecule has 0 aromatic heterocycles. The van der Waals surface area contributed by atoms with Gasteiger partial charge in [0.15, 0.2) is 0 Å². The second kappa shape index (κ2) is 10.9. The van der Waals surface area contributed by atoms with Gasteiger partial charge in [-0.2, -0.15) is 0 Å². The lowest BCUT2D eigenvalue weighted by molar-refractivity contribution is 0.126. The standard InChI is InChI=1S/C17H27O2/c1-3-4-5-7-14-19-15-8-6-9-16-10-12-17(18-2)13-11-16/h10-13H,1,3-9,14-15H2,2H3. The van der Waals surface area contributed by atoms with E-state index in [0.717, 1.165) is 38.2 Å². The molecular formula is C17H27O2. The van der Waals surface area contributed by atoms with E-state index in [1.165, 1.54) is 31.2 Å². The molecule has 1 aromatic carbocycles. The van der Waals surface area contributed by atoms with Crippen LogP contribution in [0.25, 0.3) is 0 Å². The molecule has 1 aromatic rings. The molecule has 2 nitrogen and oxygen atoms in total. The third kappa shape index (κ3) is 7.89. The average Bonchev–Trinajstić information content (AvgIpc) is 2.46. The van der Waals surface area contributed by atoms with E-state index in [-0.39, 0.29) is 0 Å². The lowest BCUT2D eigenvalue weighted by atomic mass is 10.1. The maximum atomic E-state index is 5.61. The Morgan fingerprint density at radius 1 is 0.895 bits per heavy atom. The van der Waals surface area contributed by atoms with Crippen LogP contribution in [0.4, 0.5) is 0 Å². The quantitative estimate of drug-likeness (QED) is 0.550. The van der Waals surface area contributed by atoms with Gasteiger partial charge in [0.25, 0.3) is 0 Å². The largest absolute Gasteiger partial charge is 0.497 e. The van der Waals surface area contributed by atoms with Gasteiger partial charge in [-0.25, -0.2) is 0 Å². The topological polar surface area (TPSA) is 18.5 Å². The Kier molecular flexibility index (Phi) is 9.17. The van der Waals surface area contributed by atoms with E-state index in [4.69, 9.17) is 9.47 Å². The second-order valence-electron chi connectivity index (χ2n) is 4.83. The third-order valence-electron chi connectivity index (χ3n) is 3.20. The van der Waals surface area contributed by atoms with Crippen LogP contribution in [0, 0.1) is 6.92 Å². The summed E-state index contributed by atoms with van der Waals surface area (Å²) in [5, 5.41) is 0. The molecule has 0 saturated heterocycles. The maximum Gasteiger partial charge on any atom is 0.118 e. The summed E-state index contributed by atoms with van der Waals surface area (Å²) in [6.45, 7) is 5.63. The molecule has 0 saturated carbocycles. The van der Waals surface area contributed by atoms with Gasteiger partial charge in [0.05, 0.1) is 7.11 Å². The lowest BCUT2D eigenvalue weighted by Gasteiger charge is -2.05. The van der Waals surface area contributed by atoms with Gasteiger partial charge < -0.3 is 9.47 Å². The first-order chi connectivity index (χ1) is 9.36. The Bertz CT molecular complexity index is 306. The highest BCUT2D eigenvalue weighted by atomic mass is 16.5. The molecular weight excluding hydrogens is 236 g/mol. The minimum Gasteiger partial charge on any atom is -0.497 e. The zero-order chi connectivity index (χ0) is 13.8. The van der Waals surface area contributed by atoms with Gasteiger partial charge in [-0.05, 0) is 43.4 Å². The van der Waals surface area contributed by atoms with Crippen LogP contribution in [0.3, 0.4) is 0 Å². The van der Waals surface area contributed by atoms with Crippen molar-refractivity contribution in [1.29, 1.82) is 0 Å². The summed E-state index contributed by atoms with van der Waals surface area (Å²) in [5.74, 6) is 0.925. The Hall–Kier alpha value is -1.02. The predicted octanol–water partition coefficient (Wildman–Crippen LogP) is 4.43. The zero-order valence-electron chi connectivity index (χ0n) is 12.2. The Balaban J connectivity index is 1.95. The van der Waals surface area contributed by atoms with Gasteiger partial charge in [0.2, 0.25) is 0 Å². The number of hydrogen-bond acceptors (Lipinski definition) is 2. The van der Waals surface area contributed by atoms with Crippen molar-refractivity contribution in [2.45, 2.75) is 44.9 Å². The van der Waals surface area contributed by atoms with Crippen molar-refractivity contribution in [3.8, 4) is 5.75 Å². The molecule has 0 bridgehead atoms. The van der Waals surface area contributed by atoms with Crippen LogP contribution in [0.15, 0.2) is 24.3 Å². The Labute approximate surface area is 118 Å². The predicted molar refractivity (Wildman–Crippen MR) is 80.6 cm³/mol. The summed E-state index contributed by atoms with van der Waals surface area (Å²) >= 11 is 0.